The van der Waals surface area contributed by atoms with Crippen molar-refractivity contribution in [2.45, 2.75) is 50.5 Å². The van der Waals surface area contributed by atoms with Crippen LogP contribution >= 0.6 is 0 Å². The minimum atomic E-state index is -3.49. The van der Waals surface area contributed by atoms with Gasteiger partial charge in [0.25, 0.3) is 0 Å². The highest BCUT2D eigenvalue weighted by Crippen LogP contribution is 2.41. The zero-order valence-corrected chi connectivity index (χ0v) is 18.5. The van der Waals surface area contributed by atoms with Crippen LogP contribution in [0, 0.1) is 19.3 Å². The Morgan fingerprint density at radius 3 is 2.37 bits per heavy atom. The molecule has 2 aliphatic heterocycles. The molecule has 1 atom stereocenters. The largest absolute Gasteiger partial charge is 0.376 e. The number of aromatic nitrogens is 2. The Hall–Kier alpha value is -2.03. The van der Waals surface area contributed by atoms with Crippen molar-refractivity contribution in [3.05, 3.63) is 47.8 Å². The van der Waals surface area contributed by atoms with E-state index >= 15 is 0 Å². The first-order valence-corrected chi connectivity index (χ1v) is 12.1. The molecule has 0 saturated carbocycles. The summed E-state index contributed by atoms with van der Waals surface area (Å²) in [5, 5.41) is 0. The van der Waals surface area contributed by atoms with E-state index in [-0.39, 0.29) is 11.5 Å². The summed E-state index contributed by atoms with van der Waals surface area (Å²) in [6.07, 6.45) is 3.95. The van der Waals surface area contributed by atoms with Crippen LogP contribution in [0.1, 0.15) is 37.1 Å². The van der Waals surface area contributed by atoms with Crippen LogP contribution in [0.15, 0.2) is 41.3 Å². The third kappa shape index (κ3) is 4.82. The van der Waals surface area contributed by atoms with Gasteiger partial charge in [0.2, 0.25) is 16.0 Å². The minimum absolute atomic E-state index is 0.0742. The van der Waals surface area contributed by atoms with Crippen molar-refractivity contribution in [2.24, 2.45) is 5.41 Å². The molecule has 7 nitrogen and oxygen atoms in total. The Morgan fingerprint density at radius 2 is 1.77 bits per heavy atom. The van der Waals surface area contributed by atoms with Crippen molar-refractivity contribution in [1.29, 1.82) is 0 Å². The SMILES string of the molecule is Cc1cc(C)nc(N2CCC3(CCC(CNS(=O)(=O)c4ccccc4)OC3)CC2)n1. The third-order valence-corrected chi connectivity index (χ3v) is 7.69. The number of benzene rings is 1. The van der Waals surface area contributed by atoms with E-state index in [1.54, 1.807) is 30.3 Å². The molecule has 8 heteroatoms. The van der Waals surface area contributed by atoms with E-state index < -0.39 is 10.0 Å². The van der Waals surface area contributed by atoms with E-state index in [4.69, 9.17) is 4.74 Å². The van der Waals surface area contributed by atoms with E-state index in [0.29, 0.717) is 18.0 Å². The molecule has 1 unspecified atom stereocenters. The second kappa shape index (κ2) is 8.61. The van der Waals surface area contributed by atoms with Gasteiger partial charge < -0.3 is 9.64 Å². The van der Waals surface area contributed by atoms with Crippen molar-refractivity contribution >= 4 is 16.0 Å². The van der Waals surface area contributed by atoms with Crippen molar-refractivity contribution in [2.75, 3.05) is 31.1 Å². The van der Waals surface area contributed by atoms with Crippen LogP contribution < -0.4 is 9.62 Å². The van der Waals surface area contributed by atoms with Crippen LogP contribution in [0.2, 0.25) is 0 Å². The molecule has 1 spiro atoms. The lowest BCUT2D eigenvalue weighted by Gasteiger charge is -2.45. The summed E-state index contributed by atoms with van der Waals surface area (Å²) >= 11 is 0. The van der Waals surface area contributed by atoms with E-state index in [9.17, 15) is 8.42 Å². The molecule has 2 aliphatic rings. The molecule has 0 bridgehead atoms. The fraction of sp³-hybridized carbons (Fsp3) is 0.545. The van der Waals surface area contributed by atoms with E-state index in [1.807, 2.05) is 19.9 Å². The molecular formula is C22H30N4O3S. The number of piperidine rings is 1. The number of ether oxygens (including phenoxy) is 1. The lowest BCUT2D eigenvalue weighted by molar-refractivity contribution is -0.0691. The number of hydrogen-bond donors (Lipinski definition) is 1. The van der Waals surface area contributed by atoms with Gasteiger partial charge in [-0.3, -0.25) is 0 Å². The predicted octanol–water partition coefficient (Wildman–Crippen LogP) is 2.84. The number of sulfonamides is 1. The van der Waals surface area contributed by atoms with Gasteiger partial charge in [0.05, 0.1) is 17.6 Å². The Morgan fingerprint density at radius 1 is 1.10 bits per heavy atom. The zero-order chi connectivity index (χ0) is 21.2. The number of anilines is 1. The molecule has 1 aromatic heterocycles. The maximum absolute atomic E-state index is 12.4. The van der Waals surface area contributed by atoms with E-state index in [0.717, 1.165) is 56.1 Å². The van der Waals surface area contributed by atoms with Crippen molar-refractivity contribution in [3.63, 3.8) is 0 Å². The monoisotopic (exact) mass is 430 g/mol. The van der Waals surface area contributed by atoms with Gasteiger partial charge in [-0.05, 0) is 63.1 Å². The van der Waals surface area contributed by atoms with Crippen LogP contribution in [0.3, 0.4) is 0 Å². The van der Waals surface area contributed by atoms with Gasteiger partial charge in [0, 0.05) is 31.0 Å². The molecule has 0 radical (unpaired) electrons. The number of aryl methyl sites for hydroxylation is 2. The molecule has 1 N–H and O–H groups in total. The maximum atomic E-state index is 12.4. The molecular weight excluding hydrogens is 400 g/mol. The van der Waals surface area contributed by atoms with Crippen molar-refractivity contribution < 1.29 is 13.2 Å². The molecule has 0 amide bonds. The highest BCUT2D eigenvalue weighted by molar-refractivity contribution is 7.89. The average molecular weight is 431 g/mol. The molecule has 3 heterocycles. The Labute approximate surface area is 178 Å². The number of hydrogen-bond acceptors (Lipinski definition) is 6. The fourth-order valence-corrected chi connectivity index (χ4v) is 5.48. The van der Waals surface area contributed by atoms with Crippen LogP contribution in [0.25, 0.3) is 0 Å². The van der Waals surface area contributed by atoms with Crippen LogP contribution in [-0.2, 0) is 14.8 Å². The standard InChI is InChI=1S/C22H30N4O3S/c1-17-14-18(2)25-21(24-17)26-12-10-22(11-13-26)9-8-19(29-16-22)15-23-30(27,28)20-6-4-3-5-7-20/h3-7,14,19,23H,8-13,15-16H2,1-2H3. The summed E-state index contributed by atoms with van der Waals surface area (Å²) in [7, 11) is -3.49. The van der Waals surface area contributed by atoms with E-state index in [1.165, 1.54) is 0 Å². The highest BCUT2D eigenvalue weighted by Gasteiger charge is 2.39. The second-order valence-electron chi connectivity index (χ2n) is 8.57. The Kier molecular flexibility index (Phi) is 6.09. The Balaban J connectivity index is 1.28. The molecule has 4 rings (SSSR count). The molecule has 0 aliphatic carbocycles. The first kappa shape index (κ1) is 21.2. The second-order valence-corrected chi connectivity index (χ2v) is 10.3. The van der Waals surface area contributed by atoms with Crippen LogP contribution in [-0.4, -0.2) is 50.7 Å². The van der Waals surface area contributed by atoms with Crippen molar-refractivity contribution in [1.82, 2.24) is 14.7 Å². The van der Waals surface area contributed by atoms with Gasteiger partial charge in [-0.25, -0.2) is 23.1 Å². The first-order chi connectivity index (χ1) is 14.4. The molecule has 2 fully saturated rings. The lowest BCUT2D eigenvalue weighted by atomic mass is 9.73. The van der Waals surface area contributed by atoms with Gasteiger partial charge in [-0.15, -0.1) is 0 Å². The molecule has 2 aromatic rings. The summed E-state index contributed by atoms with van der Waals surface area (Å²) in [6, 6.07) is 10.5. The summed E-state index contributed by atoms with van der Waals surface area (Å²) < 4.78 is 33.6. The number of nitrogens with zero attached hydrogens (tertiary/aromatic N) is 3. The molecule has 2 saturated heterocycles. The van der Waals surface area contributed by atoms with Gasteiger partial charge in [-0.2, -0.15) is 0 Å². The highest BCUT2D eigenvalue weighted by atomic mass is 32.2. The predicted molar refractivity (Wildman–Crippen MR) is 116 cm³/mol. The van der Waals surface area contributed by atoms with Gasteiger partial charge in [0.1, 0.15) is 0 Å². The number of nitrogens with one attached hydrogen (secondary N) is 1. The van der Waals surface area contributed by atoms with Crippen LogP contribution in [0.4, 0.5) is 5.95 Å². The summed E-state index contributed by atoms with van der Waals surface area (Å²) in [4.78, 5) is 11.7. The minimum Gasteiger partial charge on any atom is -0.376 e. The van der Waals surface area contributed by atoms with Crippen molar-refractivity contribution in [3.8, 4) is 0 Å². The van der Waals surface area contributed by atoms with Gasteiger partial charge in [-0.1, -0.05) is 18.2 Å². The fourth-order valence-electron chi connectivity index (χ4n) is 4.39. The molecule has 30 heavy (non-hydrogen) atoms. The van der Waals surface area contributed by atoms with Gasteiger partial charge >= 0.3 is 0 Å². The topological polar surface area (TPSA) is 84.4 Å². The summed E-state index contributed by atoms with van der Waals surface area (Å²) in [5.74, 6) is 0.826. The van der Waals surface area contributed by atoms with Gasteiger partial charge in [0.15, 0.2) is 0 Å². The smallest absolute Gasteiger partial charge is 0.240 e. The molecule has 162 valence electrons. The summed E-state index contributed by atoms with van der Waals surface area (Å²) in [5.41, 5.74) is 2.18. The van der Waals surface area contributed by atoms with E-state index in [2.05, 4.69) is 19.6 Å². The first-order valence-electron chi connectivity index (χ1n) is 10.6. The average Bonchev–Trinajstić information content (AvgIpc) is 2.74. The zero-order valence-electron chi connectivity index (χ0n) is 17.7. The Bertz CT molecular complexity index is 943. The lowest BCUT2D eigenvalue weighted by Crippen LogP contribution is -2.48. The normalized spacial score (nSPS) is 21.7. The molecule has 1 aromatic carbocycles. The quantitative estimate of drug-likeness (QED) is 0.785. The van der Waals surface area contributed by atoms with Crippen LogP contribution in [0.5, 0.6) is 0 Å². The maximum Gasteiger partial charge on any atom is 0.240 e. The number of rotatable bonds is 5. The third-order valence-electron chi connectivity index (χ3n) is 6.25. The summed E-state index contributed by atoms with van der Waals surface area (Å²) in [6.45, 7) is 6.87.